The molecule has 146 valence electrons. The highest BCUT2D eigenvalue weighted by molar-refractivity contribution is 5.95. The van der Waals surface area contributed by atoms with Gasteiger partial charge in [-0.05, 0) is 37.3 Å². The molecular formula is C22H24N2O4. The second-order valence-electron chi connectivity index (χ2n) is 6.80. The van der Waals surface area contributed by atoms with Crippen molar-refractivity contribution in [2.75, 3.05) is 33.3 Å². The van der Waals surface area contributed by atoms with Gasteiger partial charge in [-0.3, -0.25) is 14.4 Å². The maximum Gasteiger partial charge on any atom is 0.253 e. The molecule has 0 atom stereocenters. The van der Waals surface area contributed by atoms with Crippen LogP contribution in [0.4, 0.5) is 0 Å². The summed E-state index contributed by atoms with van der Waals surface area (Å²) in [5.41, 5.74) is 1.91. The normalized spacial score (nSPS) is 13.9. The van der Waals surface area contributed by atoms with Crippen molar-refractivity contribution in [2.24, 2.45) is 0 Å². The van der Waals surface area contributed by atoms with E-state index in [-0.39, 0.29) is 24.0 Å². The first-order valence-electron chi connectivity index (χ1n) is 9.29. The van der Waals surface area contributed by atoms with E-state index in [2.05, 4.69) is 0 Å². The lowest BCUT2D eigenvalue weighted by molar-refractivity contribution is -0.131. The topological polar surface area (TPSA) is 66.9 Å². The van der Waals surface area contributed by atoms with Crippen LogP contribution in [0.15, 0.2) is 48.5 Å². The molecule has 0 aromatic heterocycles. The molecule has 0 saturated carbocycles. The van der Waals surface area contributed by atoms with Crippen molar-refractivity contribution in [2.45, 2.75) is 13.3 Å². The highest BCUT2D eigenvalue weighted by atomic mass is 16.5. The predicted octanol–water partition coefficient (Wildman–Crippen LogP) is 2.42. The van der Waals surface area contributed by atoms with Gasteiger partial charge in [0.2, 0.25) is 5.91 Å². The van der Waals surface area contributed by atoms with Crippen LogP contribution in [-0.2, 0) is 11.2 Å². The van der Waals surface area contributed by atoms with E-state index in [4.69, 9.17) is 4.74 Å². The van der Waals surface area contributed by atoms with Gasteiger partial charge in [-0.1, -0.05) is 18.2 Å². The molecule has 28 heavy (non-hydrogen) atoms. The Balaban J connectivity index is 1.62. The minimum Gasteiger partial charge on any atom is -0.496 e. The molecule has 0 spiro atoms. The summed E-state index contributed by atoms with van der Waals surface area (Å²) in [5.74, 6) is 0.495. The van der Waals surface area contributed by atoms with Gasteiger partial charge in [-0.2, -0.15) is 0 Å². The predicted molar refractivity (Wildman–Crippen MR) is 106 cm³/mol. The zero-order valence-electron chi connectivity index (χ0n) is 16.2. The fraction of sp³-hybridized carbons (Fsp3) is 0.318. The molecule has 0 N–H and O–H groups in total. The number of benzene rings is 2. The first-order chi connectivity index (χ1) is 13.5. The summed E-state index contributed by atoms with van der Waals surface area (Å²) in [6, 6.07) is 14.3. The first kappa shape index (κ1) is 19.6. The van der Waals surface area contributed by atoms with Gasteiger partial charge < -0.3 is 14.5 Å². The minimum atomic E-state index is -0.0515. The molecule has 1 fully saturated rings. The van der Waals surface area contributed by atoms with Crippen LogP contribution in [0.2, 0.25) is 0 Å². The smallest absolute Gasteiger partial charge is 0.253 e. The molecule has 1 aliphatic rings. The molecule has 3 rings (SSSR count). The molecule has 0 unspecified atom stereocenters. The Labute approximate surface area is 164 Å². The van der Waals surface area contributed by atoms with Gasteiger partial charge in [-0.15, -0.1) is 0 Å². The summed E-state index contributed by atoms with van der Waals surface area (Å²) in [5, 5.41) is 0. The van der Waals surface area contributed by atoms with Crippen LogP contribution in [-0.4, -0.2) is 60.7 Å². The first-order valence-corrected chi connectivity index (χ1v) is 9.29. The van der Waals surface area contributed by atoms with E-state index >= 15 is 0 Å². The van der Waals surface area contributed by atoms with E-state index in [0.717, 1.165) is 0 Å². The number of nitrogens with zero attached hydrogens (tertiary/aromatic N) is 2. The van der Waals surface area contributed by atoms with Crippen molar-refractivity contribution in [3.63, 3.8) is 0 Å². The molecule has 1 heterocycles. The number of hydrogen-bond donors (Lipinski definition) is 0. The summed E-state index contributed by atoms with van der Waals surface area (Å²) >= 11 is 0. The number of Topliss-reactive ketones (excluding diaryl/α,β-unsaturated/α-hetero) is 1. The summed E-state index contributed by atoms with van der Waals surface area (Å²) < 4.78 is 5.33. The second-order valence-corrected chi connectivity index (χ2v) is 6.80. The number of ether oxygens (including phenoxy) is 1. The molecule has 2 aromatic carbocycles. The van der Waals surface area contributed by atoms with Gasteiger partial charge >= 0.3 is 0 Å². The van der Waals surface area contributed by atoms with Crippen LogP contribution in [0.3, 0.4) is 0 Å². The number of carbonyl (C=O) groups is 3. The van der Waals surface area contributed by atoms with E-state index in [0.29, 0.717) is 48.6 Å². The third-order valence-electron chi connectivity index (χ3n) is 4.97. The molecule has 1 saturated heterocycles. The number of amides is 2. The lowest BCUT2D eigenvalue weighted by atomic mass is 10.0. The largest absolute Gasteiger partial charge is 0.496 e. The summed E-state index contributed by atoms with van der Waals surface area (Å²) in [7, 11) is 1.55. The third-order valence-corrected chi connectivity index (χ3v) is 4.97. The van der Waals surface area contributed by atoms with E-state index in [9.17, 15) is 14.4 Å². The van der Waals surface area contributed by atoms with Crippen molar-refractivity contribution in [1.29, 1.82) is 0 Å². The van der Waals surface area contributed by atoms with Crippen molar-refractivity contribution in [3.8, 4) is 5.75 Å². The van der Waals surface area contributed by atoms with Crippen LogP contribution in [0.1, 0.15) is 33.2 Å². The van der Waals surface area contributed by atoms with Crippen molar-refractivity contribution < 1.29 is 19.1 Å². The van der Waals surface area contributed by atoms with Crippen LogP contribution >= 0.6 is 0 Å². The average molecular weight is 380 g/mol. The molecular weight excluding hydrogens is 356 g/mol. The molecule has 1 aliphatic heterocycles. The van der Waals surface area contributed by atoms with Crippen LogP contribution in [0.25, 0.3) is 0 Å². The Bertz CT molecular complexity index is 871. The van der Waals surface area contributed by atoms with Crippen molar-refractivity contribution in [1.82, 2.24) is 9.80 Å². The van der Waals surface area contributed by atoms with E-state index < -0.39 is 0 Å². The van der Waals surface area contributed by atoms with Crippen LogP contribution in [0.5, 0.6) is 5.75 Å². The summed E-state index contributed by atoms with van der Waals surface area (Å²) in [6.45, 7) is 3.49. The fourth-order valence-electron chi connectivity index (χ4n) is 3.33. The molecule has 6 heteroatoms. The van der Waals surface area contributed by atoms with Gasteiger partial charge in [0.1, 0.15) is 5.75 Å². The highest BCUT2D eigenvalue weighted by Gasteiger charge is 2.25. The Hall–Kier alpha value is -3.15. The Morgan fingerprint density at radius 3 is 2.14 bits per heavy atom. The van der Waals surface area contributed by atoms with Gasteiger partial charge in [0.15, 0.2) is 5.78 Å². The second kappa shape index (κ2) is 8.69. The van der Waals surface area contributed by atoms with Crippen LogP contribution in [0, 0.1) is 0 Å². The van der Waals surface area contributed by atoms with E-state index in [1.165, 1.54) is 6.92 Å². The van der Waals surface area contributed by atoms with E-state index in [1.54, 1.807) is 47.2 Å². The Morgan fingerprint density at radius 2 is 1.54 bits per heavy atom. The van der Waals surface area contributed by atoms with Gasteiger partial charge in [-0.25, -0.2) is 0 Å². The Kier molecular flexibility index (Phi) is 6.09. The maximum atomic E-state index is 12.7. The lowest BCUT2D eigenvalue weighted by Crippen LogP contribution is -2.51. The quantitative estimate of drug-likeness (QED) is 0.747. The fourth-order valence-corrected chi connectivity index (χ4v) is 3.33. The number of methoxy groups -OCH3 is 1. The third kappa shape index (κ3) is 4.39. The molecule has 2 amide bonds. The number of hydrogen-bond acceptors (Lipinski definition) is 4. The number of carbonyl (C=O) groups excluding carboxylic acids is 3. The SMILES string of the molecule is COc1ccc(C(C)=O)cc1CC(=O)N1CCN(C(=O)c2ccccc2)CC1. The number of rotatable bonds is 5. The monoisotopic (exact) mass is 380 g/mol. The highest BCUT2D eigenvalue weighted by Crippen LogP contribution is 2.22. The minimum absolute atomic E-state index is 0.0106. The Morgan fingerprint density at radius 1 is 0.893 bits per heavy atom. The summed E-state index contributed by atoms with van der Waals surface area (Å²) in [4.78, 5) is 40.4. The van der Waals surface area contributed by atoms with Gasteiger partial charge in [0.25, 0.3) is 5.91 Å². The zero-order chi connectivity index (χ0) is 20.1. The van der Waals surface area contributed by atoms with Crippen LogP contribution < -0.4 is 4.74 Å². The molecule has 0 bridgehead atoms. The zero-order valence-corrected chi connectivity index (χ0v) is 16.2. The van der Waals surface area contributed by atoms with Crippen molar-refractivity contribution >= 4 is 17.6 Å². The average Bonchev–Trinajstić information content (AvgIpc) is 2.73. The standard InChI is InChI=1S/C22H24N2O4/c1-16(25)18-8-9-20(28-2)19(14-18)15-21(26)23-10-12-24(13-11-23)22(27)17-6-4-3-5-7-17/h3-9,14H,10-13,15H2,1-2H3. The maximum absolute atomic E-state index is 12.7. The number of piperazine rings is 1. The molecule has 0 aliphatic carbocycles. The molecule has 2 aromatic rings. The van der Waals surface area contributed by atoms with Crippen molar-refractivity contribution in [3.05, 3.63) is 65.2 Å². The van der Waals surface area contributed by atoms with Gasteiger partial charge in [0.05, 0.1) is 13.5 Å². The summed E-state index contributed by atoms with van der Waals surface area (Å²) in [6.07, 6.45) is 0.164. The lowest BCUT2D eigenvalue weighted by Gasteiger charge is -2.35. The van der Waals surface area contributed by atoms with E-state index in [1.807, 2.05) is 18.2 Å². The number of ketones is 1. The molecule has 0 radical (unpaired) electrons. The molecule has 6 nitrogen and oxygen atoms in total. The van der Waals surface area contributed by atoms with Gasteiger partial charge in [0, 0.05) is 42.9 Å².